The quantitative estimate of drug-likeness (QED) is 0.777. The van der Waals surface area contributed by atoms with Crippen LogP contribution in [-0.2, 0) is 0 Å². The second kappa shape index (κ2) is 4.80. The largest absolute Gasteiger partial charge is 0.396 e. The molecule has 19 heavy (non-hydrogen) atoms. The van der Waals surface area contributed by atoms with Gasteiger partial charge in [-0.25, -0.2) is 0 Å². The average molecular weight is 284 g/mol. The van der Waals surface area contributed by atoms with Gasteiger partial charge in [0.2, 0.25) is 0 Å². The minimum absolute atomic E-state index is 0.0774. The van der Waals surface area contributed by atoms with Crippen LogP contribution in [-0.4, -0.2) is 27.3 Å². The number of aromatic nitrogens is 2. The molecule has 0 radical (unpaired) electrons. The lowest BCUT2D eigenvalue weighted by Crippen LogP contribution is -2.60. The van der Waals surface area contributed by atoms with E-state index in [1.54, 1.807) is 6.07 Å². The molecule has 5 nitrogen and oxygen atoms in total. The number of nitrogens with zero attached hydrogens (tertiary/aromatic N) is 2. The van der Waals surface area contributed by atoms with Gasteiger partial charge in [-0.2, -0.15) is 0 Å². The Bertz CT molecular complexity index is 456. The molecule has 0 bridgehead atoms. The minimum Gasteiger partial charge on any atom is -0.396 e. The smallest absolute Gasteiger partial charge is 0.172 e. The fourth-order valence-corrected chi connectivity index (χ4v) is 3.27. The summed E-state index contributed by atoms with van der Waals surface area (Å²) in [6.45, 7) is 8.83. The van der Waals surface area contributed by atoms with Gasteiger partial charge in [0, 0.05) is 23.2 Å². The Balaban J connectivity index is 2.14. The summed E-state index contributed by atoms with van der Waals surface area (Å²) in [6, 6.07) is 1.93. The maximum Gasteiger partial charge on any atom is 0.172 e. The van der Waals surface area contributed by atoms with Crippen molar-refractivity contribution >= 4 is 23.1 Å². The lowest BCUT2D eigenvalue weighted by atomic mass is 9.79. The first kappa shape index (κ1) is 14.3. The summed E-state index contributed by atoms with van der Waals surface area (Å²) in [4.78, 5) is 0. The van der Waals surface area contributed by atoms with Crippen LogP contribution in [0.4, 0.5) is 11.5 Å². The first-order valence-corrected chi connectivity index (χ1v) is 6.89. The Morgan fingerprint density at radius 1 is 1.26 bits per heavy atom. The van der Waals surface area contributed by atoms with E-state index in [2.05, 4.69) is 48.5 Å². The van der Waals surface area contributed by atoms with E-state index < -0.39 is 0 Å². The number of hydrogen-bond acceptors (Lipinski definition) is 5. The van der Waals surface area contributed by atoms with Crippen LogP contribution in [0.1, 0.15) is 40.5 Å². The van der Waals surface area contributed by atoms with Crippen LogP contribution in [0.2, 0.25) is 5.15 Å². The second-order valence-electron chi connectivity index (χ2n) is 6.61. The molecule has 6 heteroatoms. The molecule has 1 aliphatic rings. The third-order valence-corrected chi connectivity index (χ3v) is 3.51. The summed E-state index contributed by atoms with van der Waals surface area (Å²) in [5, 5.41) is 15.2. The molecular weight excluding hydrogens is 262 g/mol. The molecule has 0 spiro atoms. The summed E-state index contributed by atoms with van der Waals surface area (Å²) in [5.74, 6) is 0.614. The topological polar surface area (TPSA) is 75.9 Å². The monoisotopic (exact) mass is 283 g/mol. The number of piperidine rings is 1. The van der Waals surface area contributed by atoms with Gasteiger partial charge in [0.15, 0.2) is 11.0 Å². The summed E-state index contributed by atoms with van der Waals surface area (Å²) in [6.07, 6.45) is 2.00. The fraction of sp³-hybridized carbons (Fsp3) is 0.692. The van der Waals surface area contributed by atoms with Crippen LogP contribution in [0.25, 0.3) is 0 Å². The number of nitrogens with one attached hydrogen (secondary N) is 2. The number of rotatable bonds is 2. The highest BCUT2D eigenvalue weighted by Crippen LogP contribution is 2.31. The Kier molecular flexibility index (Phi) is 3.62. The van der Waals surface area contributed by atoms with Crippen LogP contribution >= 0.6 is 11.6 Å². The van der Waals surface area contributed by atoms with Gasteiger partial charge in [0.1, 0.15) is 0 Å². The molecule has 1 aromatic rings. The highest BCUT2D eigenvalue weighted by Gasteiger charge is 2.37. The fourth-order valence-electron chi connectivity index (χ4n) is 3.11. The highest BCUT2D eigenvalue weighted by atomic mass is 35.5. The molecule has 0 unspecified atom stereocenters. The molecule has 4 N–H and O–H groups in total. The van der Waals surface area contributed by atoms with Crippen molar-refractivity contribution in [2.45, 2.75) is 57.7 Å². The van der Waals surface area contributed by atoms with Crippen LogP contribution < -0.4 is 16.4 Å². The molecule has 106 valence electrons. The van der Waals surface area contributed by atoms with Gasteiger partial charge in [0.25, 0.3) is 0 Å². The van der Waals surface area contributed by atoms with Crippen molar-refractivity contribution in [1.29, 1.82) is 0 Å². The number of nitrogens with two attached hydrogens (primary N) is 1. The first-order chi connectivity index (χ1) is 8.67. The summed E-state index contributed by atoms with van der Waals surface area (Å²) >= 11 is 5.76. The summed E-state index contributed by atoms with van der Waals surface area (Å²) < 4.78 is 0. The van der Waals surface area contributed by atoms with E-state index in [-0.39, 0.29) is 11.1 Å². The molecule has 2 heterocycles. The summed E-state index contributed by atoms with van der Waals surface area (Å²) in [5.41, 5.74) is 6.60. The van der Waals surface area contributed by atoms with Gasteiger partial charge in [-0.15, -0.1) is 10.2 Å². The third-order valence-electron chi connectivity index (χ3n) is 3.32. The lowest BCUT2D eigenvalue weighted by Gasteiger charge is -2.46. The van der Waals surface area contributed by atoms with Gasteiger partial charge >= 0.3 is 0 Å². The molecule has 0 aromatic carbocycles. The van der Waals surface area contributed by atoms with Crippen LogP contribution in [0.5, 0.6) is 0 Å². The zero-order valence-electron chi connectivity index (χ0n) is 11.9. The molecule has 1 fully saturated rings. The van der Waals surface area contributed by atoms with Crippen LogP contribution in [0, 0.1) is 0 Å². The SMILES string of the molecule is CC1(C)CC(Nc2nnc(Cl)cc2N)CC(C)(C)N1. The van der Waals surface area contributed by atoms with Crippen molar-refractivity contribution in [2.75, 3.05) is 11.1 Å². The maximum absolute atomic E-state index is 5.91. The summed E-state index contributed by atoms with van der Waals surface area (Å²) in [7, 11) is 0. The van der Waals surface area contributed by atoms with Crippen molar-refractivity contribution in [2.24, 2.45) is 0 Å². The molecule has 0 aliphatic carbocycles. The van der Waals surface area contributed by atoms with Crippen molar-refractivity contribution in [3.8, 4) is 0 Å². The van der Waals surface area contributed by atoms with Gasteiger partial charge in [-0.3, -0.25) is 0 Å². The van der Waals surface area contributed by atoms with Gasteiger partial charge in [-0.1, -0.05) is 11.6 Å². The maximum atomic E-state index is 5.91. The van der Waals surface area contributed by atoms with E-state index in [0.717, 1.165) is 12.8 Å². The average Bonchev–Trinajstić information content (AvgIpc) is 2.17. The number of anilines is 2. The Morgan fingerprint density at radius 2 is 1.84 bits per heavy atom. The highest BCUT2D eigenvalue weighted by molar-refractivity contribution is 6.29. The predicted octanol–water partition coefficient (Wildman–Crippen LogP) is 2.43. The molecule has 0 amide bonds. The van der Waals surface area contributed by atoms with Gasteiger partial charge in [-0.05, 0) is 40.5 Å². The van der Waals surface area contributed by atoms with Crippen LogP contribution in [0.3, 0.4) is 0 Å². The zero-order chi connectivity index (χ0) is 14.3. The minimum atomic E-state index is 0.0774. The van der Waals surface area contributed by atoms with E-state index in [1.807, 2.05) is 0 Å². The Morgan fingerprint density at radius 3 is 2.37 bits per heavy atom. The molecule has 1 aliphatic heterocycles. The normalized spacial score (nSPS) is 22.2. The van der Waals surface area contributed by atoms with E-state index >= 15 is 0 Å². The Labute approximate surface area is 119 Å². The molecule has 2 rings (SSSR count). The standard InChI is InChI=1S/C13H22ClN5/c1-12(2)6-8(7-13(3,4)19-12)16-11-9(15)5-10(14)17-18-11/h5,8,19H,6-7H2,1-4H3,(H2,15,17)(H,16,18). The van der Waals surface area contributed by atoms with Gasteiger partial charge < -0.3 is 16.4 Å². The molecule has 1 saturated heterocycles. The molecular formula is C13H22ClN5. The van der Waals surface area contributed by atoms with Crippen LogP contribution in [0.15, 0.2) is 6.07 Å². The van der Waals surface area contributed by atoms with E-state index in [1.165, 1.54) is 0 Å². The number of hydrogen-bond donors (Lipinski definition) is 3. The predicted molar refractivity (Wildman–Crippen MR) is 79.4 cm³/mol. The zero-order valence-corrected chi connectivity index (χ0v) is 12.7. The van der Waals surface area contributed by atoms with E-state index in [9.17, 15) is 0 Å². The van der Waals surface area contributed by atoms with E-state index in [4.69, 9.17) is 17.3 Å². The first-order valence-electron chi connectivity index (χ1n) is 6.51. The molecule has 0 saturated carbocycles. The molecule has 1 aromatic heterocycles. The number of nitrogen functional groups attached to an aromatic ring is 1. The van der Waals surface area contributed by atoms with E-state index in [0.29, 0.717) is 22.7 Å². The molecule has 0 atom stereocenters. The van der Waals surface area contributed by atoms with Crippen molar-refractivity contribution in [3.63, 3.8) is 0 Å². The van der Waals surface area contributed by atoms with Crippen molar-refractivity contribution < 1.29 is 0 Å². The van der Waals surface area contributed by atoms with Crippen molar-refractivity contribution in [1.82, 2.24) is 15.5 Å². The third kappa shape index (κ3) is 3.70. The van der Waals surface area contributed by atoms with Gasteiger partial charge in [0.05, 0.1) is 5.69 Å². The number of halogens is 1. The lowest BCUT2D eigenvalue weighted by molar-refractivity contribution is 0.170. The van der Waals surface area contributed by atoms with Crippen molar-refractivity contribution in [3.05, 3.63) is 11.2 Å². The Hall–Kier alpha value is -1.07. The second-order valence-corrected chi connectivity index (χ2v) is 7.00.